The van der Waals surface area contributed by atoms with Crippen LogP contribution in [0.2, 0.25) is 10.0 Å². The Bertz CT molecular complexity index is 613. The zero-order valence-electron chi connectivity index (χ0n) is 9.98. The molecule has 0 bridgehead atoms. The van der Waals surface area contributed by atoms with Gasteiger partial charge in [-0.2, -0.15) is 0 Å². The highest BCUT2D eigenvalue weighted by molar-refractivity contribution is 7.98. The highest BCUT2D eigenvalue weighted by Crippen LogP contribution is 2.28. The van der Waals surface area contributed by atoms with Gasteiger partial charge >= 0.3 is 0 Å². The Hall–Kier alpha value is -0.840. The third-order valence-corrected chi connectivity index (χ3v) is 4.14. The Balaban J connectivity index is 2.16. The average molecular weight is 303 g/mol. The van der Waals surface area contributed by atoms with E-state index in [1.807, 2.05) is 23.9 Å². The smallest absolute Gasteiger partial charge is 0.266 e. The Morgan fingerprint density at radius 3 is 2.17 bits per heavy atom. The van der Waals surface area contributed by atoms with Gasteiger partial charge in [0.1, 0.15) is 0 Å². The van der Waals surface area contributed by atoms with Crippen LogP contribution in [-0.4, -0.2) is 9.36 Å². The first-order chi connectivity index (χ1) is 8.47. The molecule has 0 radical (unpaired) electrons. The molecule has 0 aliphatic heterocycles. The van der Waals surface area contributed by atoms with E-state index in [1.54, 1.807) is 35.6 Å². The van der Waals surface area contributed by atoms with E-state index in [0.717, 1.165) is 10.6 Å². The minimum Gasteiger partial charge on any atom is -0.289 e. The standard InChI is InChI=1S/C12H12Cl2N2OS/c1-15-10(6-12(17)16(15)2)7-18-11-4-8(13)3-9(14)5-11/h3-6H,7H2,1-2H3. The number of hydrogen-bond donors (Lipinski definition) is 0. The molecule has 6 heteroatoms. The van der Waals surface area contributed by atoms with E-state index >= 15 is 0 Å². The lowest BCUT2D eigenvalue weighted by molar-refractivity contribution is 0.565. The second kappa shape index (κ2) is 5.43. The minimum absolute atomic E-state index is 0.00257. The highest BCUT2D eigenvalue weighted by atomic mass is 35.5. The van der Waals surface area contributed by atoms with E-state index < -0.39 is 0 Å². The Kier molecular flexibility index (Phi) is 4.10. The van der Waals surface area contributed by atoms with Gasteiger partial charge in [0.15, 0.2) is 0 Å². The summed E-state index contributed by atoms with van der Waals surface area (Å²) in [5, 5.41) is 1.24. The highest BCUT2D eigenvalue weighted by Gasteiger charge is 2.06. The number of aromatic nitrogens is 2. The summed E-state index contributed by atoms with van der Waals surface area (Å²) in [4.78, 5) is 12.5. The molecule has 1 heterocycles. The molecule has 0 unspecified atom stereocenters. The maximum atomic E-state index is 11.5. The SMILES string of the molecule is Cn1c(CSc2cc(Cl)cc(Cl)c2)cc(=O)n1C. The molecule has 0 N–H and O–H groups in total. The van der Waals surface area contributed by atoms with Gasteiger partial charge in [0.2, 0.25) is 0 Å². The number of hydrogen-bond acceptors (Lipinski definition) is 2. The zero-order chi connectivity index (χ0) is 13.3. The molecule has 18 heavy (non-hydrogen) atoms. The molecule has 0 spiro atoms. The van der Waals surface area contributed by atoms with Gasteiger partial charge < -0.3 is 0 Å². The van der Waals surface area contributed by atoms with Crippen molar-refractivity contribution in [2.75, 3.05) is 0 Å². The van der Waals surface area contributed by atoms with E-state index in [-0.39, 0.29) is 5.56 Å². The van der Waals surface area contributed by atoms with Crippen LogP contribution in [0.25, 0.3) is 0 Å². The molecule has 96 valence electrons. The first kappa shape index (κ1) is 13.6. The van der Waals surface area contributed by atoms with Gasteiger partial charge in [-0.3, -0.25) is 14.2 Å². The number of halogens is 2. The lowest BCUT2D eigenvalue weighted by Gasteiger charge is -2.06. The largest absolute Gasteiger partial charge is 0.289 e. The van der Waals surface area contributed by atoms with Crippen molar-refractivity contribution >= 4 is 35.0 Å². The summed E-state index contributed by atoms with van der Waals surface area (Å²) < 4.78 is 3.41. The molecule has 0 saturated carbocycles. The Morgan fingerprint density at radius 1 is 1.06 bits per heavy atom. The molecule has 2 rings (SSSR count). The van der Waals surface area contributed by atoms with Crippen LogP contribution in [0.5, 0.6) is 0 Å². The monoisotopic (exact) mass is 302 g/mol. The Labute approximate surface area is 119 Å². The number of nitrogens with zero attached hydrogens (tertiary/aromatic N) is 2. The molecule has 0 fully saturated rings. The summed E-state index contributed by atoms with van der Waals surface area (Å²) in [6.07, 6.45) is 0. The lowest BCUT2D eigenvalue weighted by atomic mass is 10.4. The van der Waals surface area contributed by atoms with Gasteiger partial charge in [0.05, 0.1) is 5.69 Å². The van der Waals surface area contributed by atoms with E-state index in [1.165, 1.54) is 0 Å². The molecule has 0 aliphatic carbocycles. The molecule has 3 nitrogen and oxygen atoms in total. The second-order valence-corrected chi connectivity index (χ2v) is 5.84. The van der Waals surface area contributed by atoms with Crippen LogP contribution in [0.15, 0.2) is 34.0 Å². The van der Waals surface area contributed by atoms with E-state index in [0.29, 0.717) is 15.8 Å². The fourth-order valence-corrected chi connectivity index (χ4v) is 3.23. The molecule has 1 aromatic carbocycles. The third kappa shape index (κ3) is 2.94. The first-order valence-corrected chi connectivity index (χ1v) is 7.02. The molecular formula is C12H12Cl2N2OS. The summed E-state index contributed by atoms with van der Waals surface area (Å²) in [5.41, 5.74) is 0.959. The molecule has 0 aliphatic rings. The van der Waals surface area contributed by atoms with Crippen molar-refractivity contribution in [3.63, 3.8) is 0 Å². The quantitative estimate of drug-likeness (QED) is 0.813. The topological polar surface area (TPSA) is 26.9 Å². The van der Waals surface area contributed by atoms with Gasteiger partial charge in [-0.05, 0) is 18.2 Å². The van der Waals surface area contributed by atoms with Gasteiger partial charge in [0.25, 0.3) is 5.56 Å². The summed E-state index contributed by atoms with van der Waals surface area (Å²) in [5.74, 6) is 0.698. The van der Waals surface area contributed by atoms with Gasteiger partial charge in [-0.25, -0.2) is 0 Å². The average Bonchev–Trinajstić information content (AvgIpc) is 2.53. The maximum Gasteiger partial charge on any atom is 0.266 e. The maximum absolute atomic E-state index is 11.5. The molecule has 0 atom stereocenters. The van der Waals surface area contributed by atoms with Crippen LogP contribution in [0.1, 0.15) is 5.69 Å². The summed E-state index contributed by atoms with van der Waals surface area (Å²) >= 11 is 13.5. The zero-order valence-corrected chi connectivity index (χ0v) is 12.3. The van der Waals surface area contributed by atoms with Crippen molar-refractivity contribution in [3.05, 3.63) is 50.4 Å². The molecule has 1 aromatic heterocycles. The first-order valence-electron chi connectivity index (χ1n) is 5.28. The normalized spacial score (nSPS) is 10.9. The fourth-order valence-electron chi connectivity index (χ4n) is 1.57. The van der Waals surface area contributed by atoms with Gasteiger partial charge in [-0.15, -0.1) is 11.8 Å². The van der Waals surface area contributed by atoms with E-state index in [2.05, 4.69) is 0 Å². The van der Waals surface area contributed by atoms with Crippen LogP contribution in [-0.2, 0) is 19.8 Å². The lowest BCUT2D eigenvalue weighted by Crippen LogP contribution is -2.16. The summed E-state index contributed by atoms with van der Waals surface area (Å²) in [7, 11) is 3.61. The third-order valence-electron chi connectivity index (χ3n) is 2.70. The molecule has 0 amide bonds. The number of thioether (sulfide) groups is 1. The Morgan fingerprint density at radius 2 is 1.67 bits per heavy atom. The number of benzene rings is 1. The molecular weight excluding hydrogens is 291 g/mol. The van der Waals surface area contributed by atoms with Crippen molar-refractivity contribution in [2.45, 2.75) is 10.6 Å². The van der Waals surface area contributed by atoms with Crippen molar-refractivity contribution < 1.29 is 0 Å². The molecule has 2 aromatic rings. The van der Waals surface area contributed by atoms with Crippen LogP contribution < -0.4 is 5.56 Å². The summed E-state index contributed by atoms with van der Waals surface area (Å²) in [6, 6.07) is 7.06. The van der Waals surface area contributed by atoms with Crippen molar-refractivity contribution in [3.8, 4) is 0 Å². The molecule has 0 saturated heterocycles. The van der Waals surface area contributed by atoms with Crippen LogP contribution in [0.3, 0.4) is 0 Å². The van der Waals surface area contributed by atoms with Crippen molar-refractivity contribution in [2.24, 2.45) is 14.1 Å². The second-order valence-electron chi connectivity index (χ2n) is 3.91. The van der Waals surface area contributed by atoms with Crippen molar-refractivity contribution in [1.29, 1.82) is 0 Å². The minimum atomic E-state index is -0.00257. The van der Waals surface area contributed by atoms with E-state index in [4.69, 9.17) is 23.2 Å². The van der Waals surface area contributed by atoms with Crippen molar-refractivity contribution in [1.82, 2.24) is 9.36 Å². The predicted octanol–water partition coefficient (Wildman–Crippen LogP) is 3.32. The van der Waals surface area contributed by atoms with Gasteiger partial charge in [0, 0.05) is 40.9 Å². The van der Waals surface area contributed by atoms with E-state index in [9.17, 15) is 4.79 Å². The number of rotatable bonds is 3. The predicted molar refractivity (Wildman–Crippen MR) is 76.7 cm³/mol. The van der Waals surface area contributed by atoms with Crippen LogP contribution in [0, 0.1) is 0 Å². The fraction of sp³-hybridized carbons (Fsp3) is 0.250. The van der Waals surface area contributed by atoms with Crippen LogP contribution >= 0.6 is 35.0 Å². The van der Waals surface area contributed by atoms with Crippen LogP contribution in [0.4, 0.5) is 0 Å². The van der Waals surface area contributed by atoms with Gasteiger partial charge in [-0.1, -0.05) is 23.2 Å². The summed E-state index contributed by atoms with van der Waals surface area (Å²) in [6.45, 7) is 0.